The Labute approximate surface area is 133 Å². The van der Waals surface area contributed by atoms with Crippen LogP contribution >= 0.6 is 11.1 Å². The van der Waals surface area contributed by atoms with Crippen molar-refractivity contribution in [2.75, 3.05) is 0 Å². The molecule has 114 valence electrons. The van der Waals surface area contributed by atoms with Gasteiger partial charge in [-0.05, 0) is 50.4 Å². The minimum atomic E-state index is -0.103. The van der Waals surface area contributed by atoms with Crippen LogP contribution in [0.3, 0.4) is 0 Å². The SMILES string of the molecule is C=CC1CC=CCC1.C=CC1CC=CCC1.CC[SiH2]Cl. The fraction of sp³-hybridized carbons (Fsp3) is 0.556. The molecule has 0 saturated heterocycles. The summed E-state index contributed by atoms with van der Waals surface area (Å²) in [5.74, 6) is 1.53. The maximum absolute atomic E-state index is 5.32. The van der Waals surface area contributed by atoms with Crippen molar-refractivity contribution < 1.29 is 0 Å². The van der Waals surface area contributed by atoms with E-state index in [1.165, 1.54) is 44.6 Å². The highest BCUT2D eigenvalue weighted by atomic mass is 35.6. The van der Waals surface area contributed by atoms with Crippen LogP contribution in [0, 0.1) is 11.8 Å². The third kappa shape index (κ3) is 11.3. The minimum Gasteiger partial charge on any atom is -0.176 e. The van der Waals surface area contributed by atoms with E-state index in [0.29, 0.717) is 0 Å². The van der Waals surface area contributed by atoms with Crippen molar-refractivity contribution in [2.45, 2.75) is 51.5 Å². The van der Waals surface area contributed by atoms with Gasteiger partial charge >= 0.3 is 0 Å². The summed E-state index contributed by atoms with van der Waals surface area (Å²) >= 11 is 5.32. The first-order valence-electron chi connectivity index (χ1n) is 7.89. The second kappa shape index (κ2) is 14.9. The van der Waals surface area contributed by atoms with Crippen molar-refractivity contribution in [3.05, 3.63) is 49.6 Å². The Kier molecular flexibility index (Phi) is 14.5. The van der Waals surface area contributed by atoms with Crippen molar-refractivity contribution in [1.82, 2.24) is 0 Å². The molecule has 20 heavy (non-hydrogen) atoms. The Balaban J connectivity index is 0.000000289. The first-order chi connectivity index (χ1) is 9.78. The maximum atomic E-state index is 5.32. The van der Waals surface area contributed by atoms with Gasteiger partial charge in [0.25, 0.3) is 0 Å². The molecule has 0 bridgehead atoms. The summed E-state index contributed by atoms with van der Waals surface area (Å²) < 4.78 is 0. The molecule has 2 heteroatoms. The van der Waals surface area contributed by atoms with Crippen LogP contribution in [0.25, 0.3) is 0 Å². The first-order valence-corrected chi connectivity index (χ1v) is 11.0. The molecule has 0 aliphatic heterocycles. The summed E-state index contributed by atoms with van der Waals surface area (Å²) in [7, 11) is -0.103. The van der Waals surface area contributed by atoms with Crippen molar-refractivity contribution in [3.63, 3.8) is 0 Å². The molecule has 2 aliphatic carbocycles. The van der Waals surface area contributed by atoms with Crippen LogP contribution in [-0.4, -0.2) is 8.83 Å². The average molecular weight is 311 g/mol. The van der Waals surface area contributed by atoms with Gasteiger partial charge in [0, 0.05) is 0 Å². The molecular weight excluding hydrogens is 280 g/mol. The second-order valence-corrected chi connectivity index (χ2v) is 7.76. The van der Waals surface area contributed by atoms with Crippen molar-refractivity contribution in [2.24, 2.45) is 11.8 Å². The van der Waals surface area contributed by atoms with Gasteiger partial charge in [0.2, 0.25) is 0 Å². The van der Waals surface area contributed by atoms with E-state index >= 15 is 0 Å². The average Bonchev–Trinajstić information content (AvgIpc) is 2.57. The summed E-state index contributed by atoms with van der Waals surface area (Å²) in [4.78, 5) is 0. The molecule has 0 nitrogen and oxygen atoms in total. The monoisotopic (exact) mass is 310 g/mol. The number of allylic oxidation sites excluding steroid dienone is 6. The topological polar surface area (TPSA) is 0 Å². The summed E-state index contributed by atoms with van der Waals surface area (Å²) in [6.07, 6.45) is 20.6. The third-order valence-corrected chi connectivity index (χ3v) is 4.99. The lowest BCUT2D eigenvalue weighted by atomic mass is 9.95. The Morgan fingerprint density at radius 1 is 1.00 bits per heavy atom. The van der Waals surface area contributed by atoms with Gasteiger partial charge < -0.3 is 0 Å². The summed E-state index contributed by atoms with van der Waals surface area (Å²) in [5.41, 5.74) is 0. The van der Waals surface area contributed by atoms with E-state index < -0.39 is 0 Å². The van der Waals surface area contributed by atoms with E-state index in [4.69, 9.17) is 11.1 Å². The van der Waals surface area contributed by atoms with E-state index in [0.717, 1.165) is 11.8 Å². The lowest BCUT2D eigenvalue weighted by molar-refractivity contribution is 0.585. The highest BCUT2D eigenvalue weighted by molar-refractivity contribution is 6.93. The number of rotatable bonds is 3. The highest BCUT2D eigenvalue weighted by Crippen LogP contribution is 2.18. The lowest BCUT2D eigenvalue weighted by Crippen LogP contribution is -1.96. The van der Waals surface area contributed by atoms with Gasteiger partial charge in [-0.1, -0.05) is 49.4 Å². The van der Waals surface area contributed by atoms with E-state index in [-0.39, 0.29) is 8.83 Å². The number of halogens is 1. The quantitative estimate of drug-likeness (QED) is 0.351. The van der Waals surface area contributed by atoms with E-state index in [2.05, 4.69) is 56.5 Å². The van der Waals surface area contributed by atoms with Gasteiger partial charge in [-0.3, -0.25) is 0 Å². The summed E-state index contributed by atoms with van der Waals surface area (Å²) in [5, 5.41) is 0. The molecule has 2 atom stereocenters. The zero-order valence-electron chi connectivity index (χ0n) is 13.1. The smallest absolute Gasteiger partial charge is 0.125 e. The molecule has 2 unspecified atom stereocenters. The van der Waals surface area contributed by atoms with Gasteiger partial charge in [-0.15, -0.1) is 13.2 Å². The standard InChI is InChI=1S/2C8H12.C2H7ClSi/c2*1-2-8-6-4-3-5-7-8;1-2-4-3/h2*2-4,8H,1,5-7H2;2,4H2,1H3. The van der Waals surface area contributed by atoms with Crippen LogP contribution in [0.2, 0.25) is 6.04 Å². The van der Waals surface area contributed by atoms with Gasteiger partial charge in [0.1, 0.15) is 8.83 Å². The fourth-order valence-electron chi connectivity index (χ4n) is 2.06. The molecule has 0 amide bonds. The van der Waals surface area contributed by atoms with Crippen LogP contribution in [-0.2, 0) is 0 Å². The molecule has 0 spiro atoms. The summed E-state index contributed by atoms with van der Waals surface area (Å²) in [6.45, 7) is 9.61. The van der Waals surface area contributed by atoms with Crippen molar-refractivity contribution >= 4 is 19.9 Å². The van der Waals surface area contributed by atoms with Crippen LogP contribution in [0.4, 0.5) is 0 Å². The molecule has 0 aromatic rings. The lowest BCUT2D eigenvalue weighted by Gasteiger charge is -2.11. The van der Waals surface area contributed by atoms with Gasteiger partial charge in [0.05, 0.1) is 0 Å². The molecule has 0 saturated carbocycles. The Hall–Kier alpha value is -0.533. The van der Waals surface area contributed by atoms with E-state index in [1.807, 2.05) is 0 Å². The Morgan fingerprint density at radius 2 is 1.40 bits per heavy atom. The molecule has 2 rings (SSSR count). The largest absolute Gasteiger partial charge is 0.176 e. The molecule has 0 heterocycles. The maximum Gasteiger partial charge on any atom is 0.125 e. The molecule has 0 aromatic heterocycles. The van der Waals surface area contributed by atoms with Crippen molar-refractivity contribution in [3.8, 4) is 0 Å². The number of hydrogen-bond acceptors (Lipinski definition) is 0. The molecular formula is C18H31ClSi. The van der Waals surface area contributed by atoms with Crippen LogP contribution < -0.4 is 0 Å². The minimum absolute atomic E-state index is 0.103. The number of hydrogen-bond donors (Lipinski definition) is 0. The molecule has 0 aromatic carbocycles. The van der Waals surface area contributed by atoms with Crippen LogP contribution in [0.5, 0.6) is 0 Å². The van der Waals surface area contributed by atoms with E-state index in [9.17, 15) is 0 Å². The highest BCUT2D eigenvalue weighted by Gasteiger charge is 2.03. The van der Waals surface area contributed by atoms with Gasteiger partial charge in [0.15, 0.2) is 0 Å². The predicted molar refractivity (Wildman–Crippen MR) is 98.2 cm³/mol. The van der Waals surface area contributed by atoms with Gasteiger partial charge in [-0.25, -0.2) is 0 Å². The Morgan fingerprint density at radius 3 is 1.55 bits per heavy atom. The molecule has 0 fully saturated rings. The zero-order chi connectivity index (χ0) is 15.1. The second-order valence-electron chi connectivity index (χ2n) is 5.25. The zero-order valence-corrected chi connectivity index (χ0v) is 15.2. The normalized spacial score (nSPS) is 24.3. The molecule has 0 radical (unpaired) electrons. The van der Waals surface area contributed by atoms with Crippen molar-refractivity contribution in [1.29, 1.82) is 0 Å². The Bertz CT molecular complexity index is 264. The molecule has 2 aliphatic rings. The van der Waals surface area contributed by atoms with Crippen LogP contribution in [0.1, 0.15) is 45.4 Å². The summed E-state index contributed by atoms with van der Waals surface area (Å²) in [6, 6.07) is 1.22. The fourth-order valence-corrected chi connectivity index (χ4v) is 2.06. The molecule has 0 N–H and O–H groups in total. The predicted octanol–water partition coefficient (Wildman–Crippen LogP) is 5.80. The van der Waals surface area contributed by atoms with E-state index in [1.54, 1.807) is 0 Å². The first kappa shape index (κ1) is 19.5. The van der Waals surface area contributed by atoms with Gasteiger partial charge in [-0.2, -0.15) is 11.1 Å². The third-order valence-electron chi connectivity index (χ3n) is 3.47. The van der Waals surface area contributed by atoms with Crippen LogP contribution in [0.15, 0.2) is 49.6 Å².